The summed E-state index contributed by atoms with van der Waals surface area (Å²) in [5.74, 6) is 0.434. The van der Waals surface area contributed by atoms with Crippen LogP contribution in [-0.2, 0) is 12.7 Å². The number of nitrogens with one attached hydrogen (secondary N) is 1. The number of alkyl halides is 3. The Labute approximate surface area is 124 Å². The quantitative estimate of drug-likeness (QED) is 0.919. The van der Waals surface area contributed by atoms with Crippen molar-refractivity contribution in [2.24, 2.45) is 5.92 Å². The minimum absolute atomic E-state index is 0.262. The van der Waals surface area contributed by atoms with E-state index in [9.17, 15) is 13.2 Å². The van der Waals surface area contributed by atoms with E-state index >= 15 is 0 Å². The molecule has 0 bridgehead atoms. The summed E-state index contributed by atoms with van der Waals surface area (Å²) in [5, 5.41) is 3.32. The van der Waals surface area contributed by atoms with E-state index in [1.165, 1.54) is 6.07 Å². The van der Waals surface area contributed by atoms with Gasteiger partial charge in [-0.3, -0.25) is 0 Å². The maximum atomic E-state index is 13.0. The van der Waals surface area contributed by atoms with Gasteiger partial charge < -0.3 is 10.2 Å². The largest absolute Gasteiger partial charge is 0.416 e. The van der Waals surface area contributed by atoms with Gasteiger partial charge in [0.2, 0.25) is 0 Å². The molecule has 0 amide bonds. The highest BCUT2D eigenvalue weighted by Gasteiger charge is 2.33. The molecule has 1 aromatic carbocycles. The molecular formula is C16H23F3N2. The molecule has 2 nitrogen and oxygen atoms in total. The van der Waals surface area contributed by atoms with Crippen LogP contribution >= 0.6 is 0 Å². The second-order valence-electron chi connectivity index (χ2n) is 6.14. The topological polar surface area (TPSA) is 15.3 Å². The third-order valence-electron chi connectivity index (χ3n) is 4.49. The third kappa shape index (κ3) is 3.98. The molecule has 118 valence electrons. The third-order valence-corrected chi connectivity index (χ3v) is 4.49. The van der Waals surface area contributed by atoms with Gasteiger partial charge in [-0.1, -0.05) is 25.1 Å². The molecule has 2 rings (SSSR count). The van der Waals surface area contributed by atoms with E-state index in [0.29, 0.717) is 17.5 Å². The summed E-state index contributed by atoms with van der Waals surface area (Å²) in [4.78, 5) is 2.30. The first-order valence-corrected chi connectivity index (χ1v) is 7.37. The maximum absolute atomic E-state index is 13.0. The first-order chi connectivity index (χ1) is 9.79. The molecule has 1 aromatic rings. The van der Waals surface area contributed by atoms with Gasteiger partial charge in [0.1, 0.15) is 0 Å². The lowest BCUT2D eigenvalue weighted by atomic mass is 9.89. The molecule has 5 heteroatoms. The van der Waals surface area contributed by atoms with Crippen molar-refractivity contribution in [2.75, 3.05) is 13.6 Å². The molecule has 0 spiro atoms. The van der Waals surface area contributed by atoms with Gasteiger partial charge in [0.15, 0.2) is 0 Å². The Bertz CT molecular complexity index is 473. The molecule has 1 saturated heterocycles. The number of rotatable bonds is 3. The van der Waals surface area contributed by atoms with Crippen LogP contribution in [0.25, 0.3) is 0 Å². The number of nitrogens with zero attached hydrogens (tertiary/aromatic N) is 1. The fourth-order valence-electron chi connectivity index (χ4n) is 3.02. The Kier molecular flexibility index (Phi) is 4.94. The van der Waals surface area contributed by atoms with Crippen LogP contribution in [0.5, 0.6) is 0 Å². The lowest BCUT2D eigenvalue weighted by Crippen LogP contribution is -2.50. The number of hydrogen-bond acceptors (Lipinski definition) is 2. The van der Waals surface area contributed by atoms with E-state index < -0.39 is 11.7 Å². The summed E-state index contributed by atoms with van der Waals surface area (Å²) >= 11 is 0. The standard InChI is InChI=1S/C16H23F3N2/c1-11-10-21(3)12(2)8-15(11)20-9-13-6-4-5-7-14(13)16(17,18)19/h4-7,11-12,15,20H,8-10H2,1-3H3. The van der Waals surface area contributed by atoms with E-state index in [0.717, 1.165) is 19.0 Å². The summed E-state index contributed by atoms with van der Waals surface area (Å²) in [7, 11) is 2.09. The van der Waals surface area contributed by atoms with E-state index in [1.54, 1.807) is 12.1 Å². The number of piperidine rings is 1. The summed E-state index contributed by atoms with van der Waals surface area (Å²) in [6.07, 6.45) is -3.32. The van der Waals surface area contributed by atoms with Gasteiger partial charge >= 0.3 is 6.18 Å². The zero-order valence-corrected chi connectivity index (χ0v) is 12.7. The van der Waals surface area contributed by atoms with E-state index in [4.69, 9.17) is 0 Å². The fraction of sp³-hybridized carbons (Fsp3) is 0.625. The Morgan fingerprint density at radius 1 is 1.24 bits per heavy atom. The summed E-state index contributed by atoms with van der Waals surface area (Å²) in [6, 6.07) is 6.52. The van der Waals surface area contributed by atoms with E-state index in [-0.39, 0.29) is 12.6 Å². The number of benzene rings is 1. The van der Waals surface area contributed by atoms with Crippen LogP contribution in [0.3, 0.4) is 0 Å². The SMILES string of the molecule is CC1CN(C)C(C)CC1NCc1ccccc1C(F)(F)F. The summed E-state index contributed by atoms with van der Waals surface area (Å²) < 4.78 is 38.9. The highest BCUT2D eigenvalue weighted by Crippen LogP contribution is 2.32. The Morgan fingerprint density at radius 3 is 2.57 bits per heavy atom. The van der Waals surface area contributed by atoms with Gasteiger partial charge in [-0.25, -0.2) is 0 Å². The van der Waals surface area contributed by atoms with Crippen molar-refractivity contribution in [3.8, 4) is 0 Å². The molecule has 1 heterocycles. The predicted molar refractivity (Wildman–Crippen MR) is 77.9 cm³/mol. The molecule has 0 aromatic heterocycles. The van der Waals surface area contributed by atoms with Crippen LogP contribution in [0.2, 0.25) is 0 Å². The molecule has 0 saturated carbocycles. The first kappa shape index (κ1) is 16.3. The molecule has 1 fully saturated rings. The van der Waals surface area contributed by atoms with Crippen molar-refractivity contribution in [2.45, 2.75) is 45.1 Å². The number of hydrogen-bond donors (Lipinski definition) is 1. The van der Waals surface area contributed by atoms with Crippen LogP contribution in [0.4, 0.5) is 13.2 Å². The van der Waals surface area contributed by atoms with Gasteiger partial charge in [-0.05, 0) is 37.9 Å². The lowest BCUT2D eigenvalue weighted by Gasteiger charge is -2.40. The Morgan fingerprint density at radius 2 is 1.90 bits per heavy atom. The van der Waals surface area contributed by atoms with Crippen molar-refractivity contribution >= 4 is 0 Å². The average Bonchev–Trinajstić information content (AvgIpc) is 2.41. The molecule has 1 aliphatic rings. The van der Waals surface area contributed by atoms with Gasteiger partial charge in [0.25, 0.3) is 0 Å². The normalized spacial score (nSPS) is 27.8. The smallest absolute Gasteiger partial charge is 0.310 e. The van der Waals surface area contributed by atoms with Crippen molar-refractivity contribution in [3.63, 3.8) is 0 Å². The van der Waals surface area contributed by atoms with Gasteiger partial charge in [-0.2, -0.15) is 13.2 Å². The second-order valence-corrected chi connectivity index (χ2v) is 6.14. The number of likely N-dealkylation sites (tertiary alicyclic amines) is 1. The molecule has 3 unspecified atom stereocenters. The Hall–Kier alpha value is -1.07. The van der Waals surface area contributed by atoms with Crippen LogP contribution in [0.15, 0.2) is 24.3 Å². The summed E-state index contributed by atoms with van der Waals surface area (Å²) in [5.41, 5.74) is -0.213. The zero-order valence-electron chi connectivity index (χ0n) is 12.7. The zero-order chi connectivity index (χ0) is 15.6. The predicted octanol–water partition coefficient (Wildman–Crippen LogP) is 3.52. The Balaban J connectivity index is 2.04. The minimum Gasteiger partial charge on any atom is -0.310 e. The summed E-state index contributed by atoms with van der Waals surface area (Å²) in [6.45, 7) is 5.54. The average molecular weight is 300 g/mol. The van der Waals surface area contributed by atoms with Gasteiger partial charge in [-0.15, -0.1) is 0 Å². The molecule has 1 N–H and O–H groups in total. The van der Waals surface area contributed by atoms with E-state index in [2.05, 4.69) is 31.1 Å². The van der Waals surface area contributed by atoms with Crippen LogP contribution in [0.1, 0.15) is 31.4 Å². The van der Waals surface area contributed by atoms with Crippen LogP contribution < -0.4 is 5.32 Å². The molecule has 0 aliphatic carbocycles. The van der Waals surface area contributed by atoms with Gasteiger partial charge in [0, 0.05) is 25.2 Å². The number of halogens is 3. The minimum atomic E-state index is -4.29. The first-order valence-electron chi connectivity index (χ1n) is 7.37. The molecule has 3 atom stereocenters. The van der Waals surface area contributed by atoms with Crippen molar-refractivity contribution in [1.82, 2.24) is 10.2 Å². The maximum Gasteiger partial charge on any atom is 0.416 e. The highest BCUT2D eigenvalue weighted by molar-refractivity contribution is 5.29. The fourth-order valence-corrected chi connectivity index (χ4v) is 3.02. The van der Waals surface area contributed by atoms with Crippen molar-refractivity contribution in [3.05, 3.63) is 35.4 Å². The molecular weight excluding hydrogens is 277 g/mol. The van der Waals surface area contributed by atoms with Crippen LogP contribution in [-0.4, -0.2) is 30.6 Å². The molecule has 0 radical (unpaired) electrons. The van der Waals surface area contributed by atoms with E-state index in [1.807, 2.05) is 0 Å². The van der Waals surface area contributed by atoms with Gasteiger partial charge in [0.05, 0.1) is 5.56 Å². The monoisotopic (exact) mass is 300 g/mol. The molecule has 21 heavy (non-hydrogen) atoms. The van der Waals surface area contributed by atoms with Crippen molar-refractivity contribution in [1.29, 1.82) is 0 Å². The van der Waals surface area contributed by atoms with Crippen LogP contribution in [0, 0.1) is 5.92 Å². The second kappa shape index (κ2) is 6.36. The lowest BCUT2D eigenvalue weighted by molar-refractivity contribution is -0.138. The highest BCUT2D eigenvalue weighted by atomic mass is 19.4. The van der Waals surface area contributed by atoms with Crippen molar-refractivity contribution < 1.29 is 13.2 Å². The molecule has 1 aliphatic heterocycles.